The van der Waals surface area contributed by atoms with Crippen LogP contribution in [0.25, 0.3) is 22.3 Å². The van der Waals surface area contributed by atoms with Crippen LogP contribution in [0.5, 0.6) is 0 Å². The largest absolute Gasteiger partial charge is 0.460 e. The van der Waals surface area contributed by atoms with Crippen LogP contribution in [0.4, 0.5) is 0 Å². The number of fused-ring (bicyclic) bond motifs is 5. The Hall–Kier alpha value is -2.99. The van der Waals surface area contributed by atoms with E-state index in [0.717, 1.165) is 41.4 Å². The molecule has 0 radical (unpaired) electrons. The molecular weight excluding hydrogens is 392 g/mol. The van der Waals surface area contributed by atoms with Crippen LogP contribution in [0, 0.1) is 0 Å². The molecule has 0 amide bonds. The smallest absolute Gasteiger partial charge is 0.309 e. The van der Waals surface area contributed by atoms with E-state index >= 15 is 0 Å². The van der Waals surface area contributed by atoms with Gasteiger partial charge in [-0.1, -0.05) is 32.4 Å². The number of hydrogen-bond donors (Lipinski definition) is 1. The quantitative estimate of drug-likeness (QED) is 0.510. The van der Waals surface area contributed by atoms with Crippen LogP contribution in [-0.4, -0.2) is 20.6 Å². The first-order valence-electron chi connectivity index (χ1n) is 11.0. The van der Waals surface area contributed by atoms with Gasteiger partial charge in [0.2, 0.25) is 0 Å². The third-order valence-electron chi connectivity index (χ3n) is 6.70. The number of ether oxygens (including phenoxy) is 1. The van der Waals surface area contributed by atoms with Gasteiger partial charge in [0.15, 0.2) is 0 Å². The third kappa shape index (κ3) is 3.08. The van der Waals surface area contributed by atoms with E-state index in [-0.39, 0.29) is 18.6 Å². The van der Waals surface area contributed by atoms with E-state index in [4.69, 9.17) is 9.72 Å². The lowest BCUT2D eigenvalue weighted by Crippen LogP contribution is -2.32. The average Bonchev–Trinajstić information content (AvgIpc) is 3.06. The monoisotopic (exact) mass is 418 g/mol. The SMILES string of the molecule is CCCCc1cccc2nc3c(cc12)Cn1c-3cc2c(c1=O)COC(=O)C[C@]2(O)CC. The van der Waals surface area contributed by atoms with E-state index in [0.29, 0.717) is 29.8 Å². The number of pyridine rings is 2. The number of aromatic nitrogens is 2. The summed E-state index contributed by atoms with van der Waals surface area (Å²) in [6.45, 7) is 4.32. The molecule has 1 N–H and O–H groups in total. The van der Waals surface area contributed by atoms with Gasteiger partial charge in [0.25, 0.3) is 5.56 Å². The molecule has 0 unspecified atom stereocenters. The molecule has 0 fully saturated rings. The van der Waals surface area contributed by atoms with Gasteiger partial charge in [-0.25, -0.2) is 4.98 Å². The molecule has 6 nitrogen and oxygen atoms in total. The Morgan fingerprint density at radius 1 is 1.23 bits per heavy atom. The lowest BCUT2D eigenvalue weighted by atomic mass is 9.85. The Kier molecular flexibility index (Phi) is 4.70. The van der Waals surface area contributed by atoms with Crippen LogP contribution >= 0.6 is 0 Å². The van der Waals surface area contributed by atoms with Crippen LogP contribution in [0.3, 0.4) is 0 Å². The first-order chi connectivity index (χ1) is 14.9. The Balaban J connectivity index is 1.70. The molecule has 2 aliphatic heterocycles. The van der Waals surface area contributed by atoms with Gasteiger partial charge >= 0.3 is 5.97 Å². The number of rotatable bonds is 4. The summed E-state index contributed by atoms with van der Waals surface area (Å²) in [5, 5.41) is 12.3. The highest BCUT2D eigenvalue weighted by molar-refractivity contribution is 5.87. The first-order valence-corrected chi connectivity index (χ1v) is 11.0. The highest BCUT2D eigenvalue weighted by atomic mass is 16.5. The zero-order chi connectivity index (χ0) is 21.8. The van der Waals surface area contributed by atoms with Gasteiger partial charge in [-0.15, -0.1) is 0 Å². The van der Waals surface area contributed by atoms with E-state index in [1.807, 2.05) is 25.1 Å². The maximum Gasteiger partial charge on any atom is 0.309 e. The molecule has 1 aromatic carbocycles. The van der Waals surface area contributed by atoms with Crippen molar-refractivity contribution in [2.45, 2.75) is 64.7 Å². The summed E-state index contributed by atoms with van der Waals surface area (Å²) >= 11 is 0. The van der Waals surface area contributed by atoms with Crippen molar-refractivity contribution in [3.8, 4) is 11.4 Å². The number of unbranched alkanes of at least 4 members (excludes halogenated alkanes) is 1. The van der Waals surface area contributed by atoms with Crippen molar-refractivity contribution in [3.05, 3.63) is 62.9 Å². The van der Waals surface area contributed by atoms with E-state index in [1.54, 1.807) is 4.57 Å². The summed E-state index contributed by atoms with van der Waals surface area (Å²) < 4.78 is 6.92. The molecule has 0 bridgehead atoms. The fraction of sp³-hybridized carbons (Fsp3) is 0.400. The fourth-order valence-electron chi connectivity index (χ4n) is 4.85. The number of carbonyl (C=O) groups excluding carboxylic acids is 1. The Labute approximate surface area is 180 Å². The van der Waals surface area contributed by atoms with E-state index < -0.39 is 11.6 Å². The normalized spacial score (nSPS) is 19.5. The molecule has 0 spiro atoms. The van der Waals surface area contributed by atoms with E-state index in [2.05, 4.69) is 19.1 Å². The Morgan fingerprint density at radius 2 is 2.06 bits per heavy atom. The molecule has 31 heavy (non-hydrogen) atoms. The van der Waals surface area contributed by atoms with E-state index in [1.165, 1.54) is 5.56 Å². The van der Waals surface area contributed by atoms with Gasteiger partial charge in [-0.05, 0) is 48.6 Å². The zero-order valence-corrected chi connectivity index (χ0v) is 17.9. The molecule has 2 aliphatic rings. The number of esters is 1. The number of hydrogen-bond acceptors (Lipinski definition) is 5. The minimum Gasteiger partial charge on any atom is -0.460 e. The number of cyclic esters (lactones) is 1. The maximum absolute atomic E-state index is 13.4. The predicted octanol–water partition coefficient (Wildman–Crippen LogP) is 3.81. The second kappa shape index (κ2) is 7.31. The third-order valence-corrected chi connectivity index (χ3v) is 6.70. The fourth-order valence-corrected chi connectivity index (χ4v) is 4.85. The number of aryl methyl sites for hydroxylation is 1. The van der Waals surface area contributed by atoms with Crippen molar-refractivity contribution < 1.29 is 14.6 Å². The molecule has 160 valence electrons. The van der Waals surface area contributed by atoms with Crippen LogP contribution in [0.1, 0.15) is 61.8 Å². The first kappa shape index (κ1) is 19.9. The zero-order valence-electron chi connectivity index (χ0n) is 17.9. The lowest BCUT2D eigenvalue weighted by Gasteiger charge is -2.26. The average molecular weight is 418 g/mol. The van der Waals surface area contributed by atoms with Crippen LogP contribution in [0.2, 0.25) is 0 Å². The summed E-state index contributed by atoms with van der Waals surface area (Å²) in [6, 6.07) is 10.2. The highest BCUT2D eigenvalue weighted by Crippen LogP contribution is 2.39. The summed E-state index contributed by atoms with van der Waals surface area (Å²) in [4.78, 5) is 30.3. The van der Waals surface area contributed by atoms with Crippen LogP contribution in [0.15, 0.2) is 35.1 Å². The molecule has 4 heterocycles. The van der Waals surface area contributed by atoms with Gasteiger partial charge in [0.05, 0.1) is 35.4 Å². The standard InChI is InChI=1S/C25H26N2O4/c1-3-5-7-15-8-6-9-20-17(15)10-16-13-27-21(23(16)26-20)11-19-18(24(27)29)14-31-22(28)12-25(19,30)4-2/h6,8-11,30H,3-5,7,12-14H2,1-2H3/t25-/m1/s1. The second-order valence-corrected chi connectivity index (χ2v) is 8.62. The van der Waals surface area contributed by atoms with Crippen LogP contribution in [-0.2, 0) is 34.7 Å². The summed E-state index contributed by atoms with van der Waals surface area (Å²) in [5.74, 6) is -0.491. The Morgan fingerprint density at radius 3 is 2.84 bits per heavy atom. The van der Waals surface area contributed by atoms with Crippen molar-refractivity contribution in [1.29, 1.82) is 0 Å². The number of nitrogens with zero attached hydrogens (tertiary/aromatic N) is 2. The lowest BCUT2D eigenvalue weighted by molar-refractivity contribution is -0.149. The van der Waals surface area contributed by atoms with Gasteiger partial charge in [-0.3, -0.25) is 9.59 Å². The van der Waals surface area contributed by atoms with Crippen molar-refractivity contribution in [2.75, 3.05) is 0 Å². The van der Waals surface area contributed by atoms with Gasteiger partial charge in [0, 0.05) is 10.9 Å². The van der Waals surface area contributed by atoms with Crippen molar-refractivity contribution >= 4 is 16.9 Å². The topological polar surface area (TPSA) is 81.4 Å². The number of benzene rings is 1. The molecule has 5 rings (SSSR count). The van der Waals surface area contributed by atoms with Gasteiger partial charge < -0.3 is 14.4 Å². The van der Waals surface area contributed by atoms with E-state index in [9.17, 15) is 14.7 Å². The number of aliphatic hydroxyl groups is 1. The van der Waals surface area contributed by atoms with Gasteiger partial charge in [0.1, 0.15) is 12.2 Å². The molecule has 0 aliphatic carbocycles. The molecule has 3 aromatic rings. The number of carbonyl (C=O) groups is 1. The molecule has 2 aromatic heterocycles. The Bertz CT molecular complexity index is 1280. The highest BCUT2D eigenvalue weighted by Gasteiger charge is 2.39. The maximum atomic E-state index is 13.4. The molecule has 0 saturated heterocycles. The van der Waals surface area contributed by atoms with Crippen molar-refractivity contribution in [2.24, 2.45) is 0 Å². The predicted molar refractivity (Wildman–Crippen MR) is 118 cm³/mol. The summed E-state index contributed by atoms with van der Waals surface area (Å²) in [5.41, 5.74) is 3.88. The summed E-state index contributed by atoms with van der Waals surface area (Å²) in [7, 11) is 0. The second-order valence-electron chi connectivity index (χ2n) is 8.62. The summed E-state index contributed by atoms with van der Waals surface area (Å²) in [6.07, 6.45) is 3.42. The van der Waals surface area contributed by atoms with Gasteiger partial charge in [-0.2, -0.15) is 0 Å². The molecule has 1 atom stereocenters. The van der Waals surface area contributed by atoms with Crippen molar-refractivity contribution in [1.82, 2.24) is 9.55 Å². The van der Waals surface area contributed by atoms with Crippen LogP contribution < -0.4 is 5.56 Å². The minimum atomic E-state index is -1.41. The molecular formula is C25H26N2O4. The molecule has 0 saturated carbocycles. The van der Waals surface area contributed by atoms with Crippen molar-refractivity contribution in [3.63, 3.8) is 0 Å². The minimum absolute atomic E-state index is 0.109. The molecule has 6 heteroatoms.